The van der Waals surface area contributed by atoms with Gasteiger partial charge in [0.25, 0.3) is 0 Å². The van der Waals surface area contributed by atoms with Crippen molar-refractivity contribution in [1.29, 1.82) is 0 Å². The molecule has 1 saturated carbocycles. The minimum Gasteiger partial charge on any atom is -0.477 e. The van der Waals surface area contributed by atoms with Gasteiger partial charge in [0.2, 0.25) is 5.88 Å². The summed E-state index contributed by atoms with van der Waals surface area (Å²) in [6.07, 6.45) is 4.39. The molecule has 0 unspecified atom stereocenters. The van der Waals surface area contributed by atoms with Crippen molar-refractivity contribution in [2.24, 2.45) is 5.92 Å². The molecule has 2 aromatic rings. The second kappa shape index (κ2) is 6.31. The Morgan fingerprint density at radius 2 is 2.24 bits per heavy atom. The lowest BCUT2D eigenvalue weighted by Crippen LogP contribution is -2.17. The fraction of sp³-hybridized carbons (Fsp3) is 0.471. The van der Waals surface area contributed by atoms with Gasteiger partial charge in [-0.25, -0.2) is 4.98 Å². The number of ether oxygens (including phenoxy) is 1. The summed E-state index contributed by atoms with van der Waals surface area (Å²) in [4.78, 5) is 4.26. The molecule has 2 heterocycles. The van der Waals surface area contributed by atoms with Crippen LogP contribution in [0.1, 0.15) is 42.9 Å². The van der Waals surface area contributed by atoms with Gasteiger partial charge < -0.3 is 14.5 Å². The van der Waals surface area contributed by atoms with E-state index in [1.807, 2.05) is 31.2 Å². The van der Waals surface area contributed by atoms with Crippen LogP contribution in [-0.4, -0.2) is 11.6 Å². The van der Waals surface area contributed by atoms with Gasteiger partial charge in [-0.3, -0.25) is 0 Å². The van der Waals surface area contributed by atoms with Crippen LogP contribution in [-0.2, 0) is 6.54 Å². The van der Waals surface area contributed by atoms with Crippen molar-refractivity contribution in [2.75, 3.05) is 6.61 Å². The predicted molar refractivity (Wildman–Crippen MR) is 81.2 cm³/mol. The Labute approximate surface area is 125 Å². The van der Waals surface area contributed by atoms with Crippen molar-refractivity contribution in [2.45, 2.75) is 39.3 Å². The van der Waals surface area contributed by atoms with Crippen LogP contribution >= 0.6 is 0 Å². The molecule has 1 atom stereocenters. The third kappa shape index (κ3) is 4.08. The summed E-state index contributed by atoms with van der Waals surface area (Å²) >= 11 is 0. The number of pyridine rings is 1. The van der Waals surface area contributed by atoms with Gasteiger partial charge in [-0.2, -0.15) is 0 Å². The molecular formula is C17H22N2O2. The predicted octanol–water partition coefficient (Wildman–Crippen LogP) is 3.62. The molecule has 0 amide bonds. The van der Waals surface area contributed by atoms with Crippen LogP contribution in [0.25, 0.3) is 0 Å². The van der Waals surface area contributed by atoms with E-state index in [1.54, 1.807) is 6.20 Å². The van der Waals surface area contributed by atoms with Crippen LogP contribution in [0.4, 0.5) is 0 Å². The lowest BCUT2D eigenvalue weighted by atomic mass is 10.2. The second-order valence-corrected chi connectivity index (χ2v) is 5.81. The molecule has 1 fully saturated rings. The first-order chi connectivity index (χ1) is 10.2. The van der Waals surface area contributed by atoms with E-state index in [0.717, 1.165) is 36.5 Å². The fourth-order valence-corrected chi connectivity index (χ4v) is 2.18. The van der Waals surface area contributed by atoms with Crippen molar-refractivity contribution < 1.29 is 9.15 Å². The molecule has 1 aliphatic rings. The Hall–Kier alpha value is -1.81. The molecule has 4 heteroatoms. The van der Waals surface area contributed by atoms with Gasteiger partial charge in [0.05, 0.1) is 12.6 Å². The summed E-state index contributed by atoms with van der Waals surface area (Å²) in [5.41, 5.74) is 1.17. The Morgan fingerprint density at radius 3 is 2.95 bits per heavy atom. The smallest absolute Gasteiger partial charge is 0.213 e. The molecule has 0 aliphatic heterocycles. The van der Waals surface area contributed by atoms with Crippen LogP contribution in [0, 0.1) is 12.8 Å². The summed E-state index contributed by atoms with van der Waals surface area (Å²) in [7, 11) is 0. The van der Waals surface area contributed by atoms with E-state index in [2.05, 4.69) is 17.2 Å². The summed E-state index contributed by atoms with van der Waals surface area (Å²) in [6, 6.07) is 8.21. The maximum absolute atomic E-state index is 5.71. The zero-order chi connectivity index (χ0) is 14.7. The maximum Gasteiger partial charge on any atom is 0.213 e. The van der Waals surface area contributed by atoms with Gasteiger partial charge in [-0.15, -0.1) is 0 Å². The lowest BCUT2D eigenvalue weighted by Gasteiger charge is -2.12. The average molecular weight is 286 g/mol. The summed E-state index contributed by atoms with van der Waals surface area (Å²) in [5.74, 6) is 3.38. The van der Waals surface area contributed by atoms with Crippen LogP contribution < -0.4 is 10.1 Å². The molecule has 112 valence electrons. The number of rotatable bonds is 7. The van der Waals surface area contributed by atoms with Crippen LogP contribution in [0.2, 0.25) is 0 Å². The van der Waals surface area contributed by atoms with Crippen molar-refractivity contribution >= 4 is 0 Å². The number of aryl methyl sites for hydroxylation is 1. The van der Waals surface area contributed by atoms with Crippen LogP contribution in [0.3, 0.4) is 0 Å². The highest BCUT2D eigenvalue weighted by Gasteiger charge is 2.22. The third-order valence-corrected chi connectivity index (χ3v) is 3.76. The highest BCUT2D eigenvalue weighted by molar-refractivity contribution is 5.21. The van der Waals surface area contributed by atoms with Gasteiger partial charge in [0.1, 0.15) is 11.5 Å². The standard InChI is InChI=1S/C17H22N2O2/c1-12-3-6-16(21-12)13(2)19-10-15-7-8-18-17(9-15)20-11-14-4-5-14/h3,6-9,13-14,19H,4-5,10-11H2,1-2H3/t13-/m1/s1. The molecule has 3 rings (SSSR count). The SMILES string of the molecule is Cc1ccc([C@@H](C)NCc2ccnc(OCC3CC3)c2)o1. The van der Waals surface area contributed by atoms with Gasteiger partial charge in [-0.05, 0) is 56.4 Å². The van der Waals surface area contributed by atoms with E-state index in [-0.39, 0.29) is 6.04 Å². The number of furan rings is 1. The van der Waals surface area contributed by atoms with Gasteiger partial charge in [0, 0.05) is 18.8 Å². The first kappa shape index (κ1) is 14.1. The minimum absolute atomic E-state index is 0.183. The summed E-state index contributed by atoms with van der Waals surface area (Å²) in [5, 5.41) is 3.46. The Balaban J connectivity index is 1.53. The molecule has 4 nitrogen and oxygen atoms in total. The van der Waals surface area contributed by atoms with Crippen LogP contribution in [0.15, 0.2) is 34.9 Å². The highest BCUT2D eigenvalue weighted by Crippen LogP contribution is 2.29. The molecule has 21 heavy (non-hydrogen) atoms. The van der Waals surface area contributed by atoms with Crippen molar-refractivity contribution in [3.05, 3.63) is 47.5 Å². The van der Waals surface area contributed by atoms with Gasteiger partial charge in [0.15, 0.2) is 0 Å². The molecule has 1 N–H and O–H groups in total. The largest absolute Gasteiger partial charge is 0.477 e. The number of hydrogen-bond donors (Lipinski definition) is 1. The molecule has 0 bridgehead atoms. The topological polar surface area (TPSA) is 47.3 Å². The van der Waals surface area contributed by atoms with Crippen molar-refractivity contribution in [1.82, 2.24) is 10.3 Å². The Bertz CT molecular complexity index is 590. The van der Waals surface area contributed by atoms with Crippen molar-refractivity contribution in [3.8, 4) is 5.88 Å². The van der Waals surface area contributed by atoms with E-state index in [4.69, 9.17) is 9.15 Å². The third-order valence-electron chi connectivity index (χ3n) is 3.76. The zero-order valence-corrected chi connectivity index (χ0v) is 12.6. The van der Waals surface area contributed by atoms with E-state index >= 15 is 0 Å². The molecule has 0 radical (unpaired) electrons. The van der Waals surface area contributed by atoms with Crippen molar-refractivity contribution in [3.63, 3.8) is 0 Å². The second-order valence-electron chi connectivity index (χ2n) is 5.81. The average Bonchev–Trinajstić information content (AvgIpc) is 3.23. The van der Waals surface area contributed by atoms with Crippen LogP contribution in [0.5, 0.6) is 5.88 Å². The minimum atomic E-state index is 0.183. The first-order valence-corrected chi connectivity index (χ1v) is 7.58. The van der Waals surface area contributed by atoms with E-state index in [9.17, 15) is 0 Å². The highest BCUT2D eigenvalue weighted by atomic mass is 16.5. The van der Waals surface area contributed by atoms with Gasteiger partial charge >= 0.3 is 0 Å². The Kier molecular flexibility index (Phi) is 4.25. The molecule has 0 spiro atoms. The zero-order valence-electron chi connectivity index (χ0n) is 12.6. The first-order valence-electron chi connectivity index (χ1n) is 7.58. The maximum atomic E-state index is 5.71. The molecule has 1 aliphatic carbocycles. The molecule has 0 aromatic carbocycles. The molecule has 0 saturated heterocycles. The number of nitrogens with zero attached hydrogens (tertiary/aromatic N) is 1. The lowest BCUT2D eigenvalue weighted by molar-refractivity contribution is 0.288. The number of nitrogens with one attached hydrogen (secondary N) is 1. The van der Waals surface area contributed by atoms with Gasteiger partial charge in [-0.1, -0.05) is 0 Å². The number of aromatic nitrogens is 1. The normalized spacial score (nSPS) is 15.9. The molecule has 2 aromatic heterocycles. The fourth-order valence-electron chi connectivity index (χ4n) is 2.18. The summed E-state index contributed by atoms with van der Waals surface area (Å²) in [6.45, 7) is 5.63. The Morgan fingerprint density at radius 1 is 1.38 bits per heavy atom. The summed E-state index contributed by atoms with van der Waals surface area (Å²) < 4.78 is 11.3. The van der Waals surface area contributed by atoms with E-state index in [1.165, 1.54) is 18.4 Å². The molecular weight excluding hydrogens is 264 g/mol. The van der Waals surface area contributed by atoms with E-state index in [0.29, 0.717) is 0 Å². The number of hydrogen-bond acceptors (Lipinski definition) is 4. The quantitative estimate of drug-likeness (QED) is 0.844. The van der Waals surface area contributed by atoms with E-state index < -0.39 is 0 Å². The monoisotopic (exact) mass is 286 g/mol.